The molecule has 1 aliphatic rings. The molecule has 3 rings (SSSR count). The number of aliphatic hydroxyl groups is 1. The number of benzene rings is 2. The van der Waals surface area contributed by atoms with E-state index in [1.807, 2.05) is 12.1 Å². The highest BCUT2D eigenvalue weighted by Crippen LogP contribution is 2.42. The fourth-order valence-electron chi connectivity index (χ4n) is 4.30. The summed E-state index contributed by atoms with van der Waals surface area (Å²) >= 11 is 6.04. The Morgan fingerprint density at radius 3 is 2.19 bits per heavy atom. The van der Waals surface area contributed by atoms with Gasteiger partial charge in [-0.15, -0.1) is 0 Å². The predicted molar refractivity (Wildman–Crippen MR) is 105 cm³/mol. The second-order valence-corrected chi connectivity index (χ2v) is 8.26. The van der Waals surface area contributed by atoms with Crippen LogP contribution in [-0.4, -0.2) is 29.7 Å². The van der Waals surface area contributed by atoms with Gasteiger partial charge < -0.3 is 10.0 Å². The number of hydrogen-bond acceptors (Lipinski definition) is 2. The van der Waals surface area contributed by atoms with E-state index in [1.54, 1.807) is 12.1 Å². The Kier molecular flexibility index (Phi) is 6.01. The smallest absolute Gasteiger partial charge is 0.123 e. The fraction of sp³-hybridized carbons (Fsp3) is 0.455. The van der Waals surface area contributed by atoms with Crippen LogP contribution in [0.15, 0.2) is 48.5 Å². The lowest BCUT2D eigenvalue weighted by molar-refractivity contribution is -0.0202. The van der Waals surface area contributed by atoms with E-state index in [4.69, 9.17) is 11.6 Å². The Hall–Kier alpha value is -1.42. The summed E-state index contributed by atoms with van der Waals surface area (Å²) in [7, 11) is 4.22. The van der Waals surface area contributed by atoms with Gasteiger partial charge in [-0.2, -0.15) is 0 Å². The van der Waals surface area contributed by atoms with Crippen molar-refractivity contribution in [1.29, 1.82) is 0 Å². The minimum atomic E-state index is -0.689. The molecule has 2 aromatic carbocycles. The molecule has 140 valence electrons. The standard InChI is InChI=1S/C22H27ClFNO/c1-25(2)21(17-5-7-19(23)8-6-17)18-11-13-22(26,14-12-18)15-16-3-9-20(24)10-4-16/h3-10,18,21,26H,11-15H2,1-2H3. The summed E-state index contributed by atoms with van der Waals surface area (Å²) in [6.07, 6.45) is 4.08. The van der Waals surface area contributed by atoms with Gasteiger partial charge in [-0.25, -0.2) is 4.39 Å². The molecule has 1 aliphatic carbocycles. The van der Waals surface area contributed by atoms with Gasteiger partial charge in [0.2, 0.25) is 0 Å². The summed E-state index contributed by atoms with van der Waals surface area (Å²) in [5, 5.41) is 11.8. The van der Waals surface area contributed by atoms with E-state index in [9.17, 15) is 9.50 Å². The summed E-state index contributed by atoms with van der Waals surface area (Å²) < 4.78 is 13.1. The summed E-state index contributed by atoms with van der Waals surface area (Å²) in [5.41, 5.74) is 1.58. The molecule has 0 aromatic heterocycles. The molecule has 26 heavy (non-hydrogen) atoms. The van der Waals surface area contributed by atoms with Crippen LogP contribution >= 0.6 is 11.6 Å². The zero-order chi connectivity index (χ0) is 18.7. The number of rotatable bonds is 5. The van der Waals surface area contributed by atoms with Crippen LogP contribution in [0.4, 0.5) is 4.39 Å². The average molecular weight is 376 g/mol. The highest BCUT2D eigenvalue weighted by atomic mass is 35.5. The van der Waals surface area contributed by atoms with Gasteiger partial charge in [0, 0.05) is 17.5 Å². The zero-order valence-electron chi connectivity index (χ0n) is 15.5. The molecular weight excluding hydrogens is 349 g/mol. The maximum atomic E-state index is 13.1. The minimum absolute atomic E-state index is 0.235. The molecule has 0 saturated heterocycles. The van der Waals surface area contributed by atoms with Gasteiger partial charge in [0.05, 0.1) is 5.60 Å². The highest BCUT2D eigenvalue weighted by Gasteiger charge is 2.37. The Labute approximate surface area is 160 Å². The molecule has 0 amide bonds. The van der Waals surface area contributed by atoms with Gasteiger partial charge in [-0.3, -0.25) is 0 Å². The number of nitrogens with zero attached hydrogens (tertiary/aromatic N) is 1. The molecule has 0 aliphatic heterocycles. The van der Waals surface area contributed by atoms with Crippen molar-refractivity contribution in [2.75, 3.05) is 14.1 Å². The number of halogens is 2. The first-order valence-corrected chi connectivity index (χ1v) is 9.63. The zero-order valence-corrected chi connectivity index (χ0v) is 16.2. The van der Waals surface area contributed by atoms with Crippen molar-refractivity contribution in [3.63, 3.8) is 0 Å². The third-order valence-electron chi connectivity index (χ3n) is 5.62. The van der Waals surface area contributed by atoms with Gasteiger partial charge in [0.25, 0.3) is 0 Å². The van der Waals surface area contributed by atoms with E-state index in [0.717, 1.165) is 36.3 Å². The first-order chi connectivity index (χ1) is 12.4. The van der Waals surface area contributed by atoms with Gasteiger partial charge >= 0.3 is 0 Å². The van der Waals surface area contributed by atoms with Crippen molar-refractivity contribution in [2.45, 2.75) is 43.7 Å². The molecule has 1 unspecified atom stereocenters. The molecule has 0 heterocycles. The van der Waals surface area contributed by atoms with E-state index >= 15 is 0 Å². The third kappa shape index (κ3) is 4.64. The van der Waals surface area contributed by atoms with E-state index in [2.05, 4.69) is 31.1 Å². The van der Waals surface area contributed by atoms with Crippen LogP contribution in [0.2, 0.25) is 5.02 Å². The van der Waals surface area contributed by atoms with Crippen LogP contribution < -0.4 is 0 Å². The predicted octanol–water partition coefficient (Wildman–Crippen LogP) is 5.25. The lowest BCUT2D eigenvalue weighted by atomic mass is 9.72. The maximum Gasteiger partial charge on any atom is 0.123 e. The molecule has 0 spiro atoms. The second-order valence-electron chi connectivity index (χ2n) is 7.83. The summed E-state index contributed by atoms with van der Waals surface area (Å²) in [5.74, 6) is 0.265. The molecule has 1 fully saturated rings. The van der Waals surface area contributed by atoms with Crippen LogP contribution in [-0.2, 0) is 6.42 Å². The quantitative estimate of drug-likeness (QED) is 0.771. The molecule has 4 heteroatoms. The van der Waals surface area contributed by atoms with Crippen molar-refractivity contribution in [3.05, 3.63) is 70.5 Å². The van der Waals surface area contributed by atoms with Crippen molar-refractivity contribution >= 4 is 11.6 Å². The van der Waals surface area contributed by atoms with Crippen LogP contribution in [0.3, 0.4) is 0 Å². The normalized spacial score (nSPS) is 24.6. The van der Waals surface area contributed by atoms with E-state index in [0.29, 0.717) is 18.4 Å². The van der Waals surface area contributed by atoms with Crippen LogP contribution in [0.5, 0.6) is 0 Å². The Morgan fingerprint density at radius 2 is 1.65 bits per heavy atom. The molecule has 1 saturated carbocycles. The second kappa shape index (κ2) is 8.08. The maximum absolute atomic E-state index is 13.1. The SMILES string of the molecule is CN(C)C(c1ccc(Cl)cc1)C1CCC(O)(Cc2ccc(F)cc2)CC1. The Bertz CT molecular complexity index is 706. The molecular formula is C22H27ClFNO. The summed E-state index contributed by atoms with van der Waals surface area (Å²) in [4.78, 5) is 2.26. The van der Waals surface area contributed by atoms with Gasteiger partial charge in [-0.05, 0) is 81.1 Å². The van der Waals surface area contributed by atoms with E-state index < -0.39 is 5.60 Å². The first kappa shape index (κ1) is 19.3. The van der Waals surface area contributed by atoms with Gasteiger partial charge in [0.15, 0.2) is 0 Å². The van der Waals surface area contributed by atoms with Crippen molar-refractivity contribution in [2.24, 2.45) is 5.92 Å². The number of hydrogen-bond donors (Lipinski definition) is 1. The van der Waals surface area contributed by atoms with Gasteiger partial charge in [0.1, 0.15) is 5.82 Å². The van der Waals surface area contributed by atoms with Crippen LogP contribution in [0.25, 0.3) is 0 Å². The molecule has 2 nitrogen and oxygen atoms in total. The van der Waals surface area contributed by atoms with Crippen molar-refractivity contribution in [1.82, 2.24) is 4.90 Å². The van der Waals surface area contributed by atoms with Gasteiger partial charge in [-0.1, -0.05) is 35.9 Å². The van der Waals surface area contributed by atoms with Crippen molar-refractivity contribution in [3.8, 4) is 0 Å². The largest absolute Gasteiger partial charge is 0.390 e. The molecule has 0 radical (unpaired) electrons. The first-order valence-electron chi connectivity index (χ1n) is 9.25. The van der Waals surface area contributed by atoms with E-state index in [-0.39, 0.29) is 5.82 Å². The highest BCUT2D eigenvalue weighted by molar-refractivity contribution is 6.30. The average Bonchev–Trinajstić information content (AvgIpc) is 2.60. The lowest BCUT2D eigenvalue weighted by Gasteiger charge is -2.41. The summed E-state index contributed by atoms with van der Waals surface area (Å²) in [6.45, 7) is 0. The fourth-order valence-corrected chi connectivity index (χ4v) is 4.43. The third-order valence-corrected chi connectivity index (χ3v) is 5.87. The van der Waals surface area contributed by atoms with E-state index in [1.165, 1.54) is 17.7 Å². The lowest BCUT2D eigenvalue weighted by Crippen LogP contribution is -2.39. The monoisotopic (exact) mass is 375 g/mol. The molecule has 1 atom stereocenters. The van der Waals surface area contributed by atoms with Crippen molar-refractivity contribution < 1.29 is 9.50 Å². The van der Waals surface area contributed by atoms with Crippen LogP contribution in [0, 0.1) is 11.7 Å². The summed E-state index contributed by atoms with van der Waals surface area (Å²) in [6, 6.07) is 14.9. The molecule has 2 aromatic rings. The Balaban J connectivity index is 1.67. The Morgan fingerprint density at radius 1 is 1.08 bits per heavy atom. The minimum Gasteiger partial charge on any atom is -0.390 e. The molecule has 1 N–H and O–H groups in total. The topological polar surface area (TPSA) is 23.5 Å². The van der Waals surface area contributed by atoms with Crippen LogP contribution in [0.1, 0.15) is 42.9 Å². The molecule has 0 bridgehead atoms.